The average Bonchev–Trinajstić information content (AvgIpc) is 2.02. The monoisotopic (exact) mass is 193 g/mol. The quantitative estimate of drug-likeness (QED) is 0.717. The van der Waals surface area contributed by atoms with Gasteiger partial charge in [0.1, 0.15) is 0 Å². The molecule has 0 saturated heterocycles. The highest BCUT2D eigenvalue weighted by Gasteiger charge is 2.15. The predicted molar refractivity (Wildman–Crippen MR) is 58.1 cm³/mol. The zero-order valence-electron chi connectivity index (χ0n) is 9.70. The molecule has 0 amide bonds. The third-order valence-corrected chi connectivity index (χ3v) is 1.95. The van der Waals surface area contributed by atoms with E-state index in [2.05, 4.69) is 35.6 Å². The van der Waals surface area contributed by atoms with Gasteiger partial charge < -0.3 is 4.90 Å². The molecule has 3 heteroatoms. The number of nitrogens with zero attached hydrogens (tertiary/aromatic N) is 3. The van der Waals surface area contributed by atoms with Crippen LogP contribution in [-0.2, 0) is 12.0 Å². The van der Waals surface area contributed by atoms with Crippen molar-refractivity contribution < 1.29 is 0 Å². The third-order valence-electron chi connectivity index (χ3n) is 1.95. The highest BCUT2D eigenvalue weighted by molar-refractivity contribution is 5.10. The molecule has 0 saturated carbocycles. The lowest BCUT2D eigenvalue weighted by Crippen LogP contribution is -2.16. The van der Waals surface area contributed by atoms with Crippen molar-refractivity contribution in [2.45, 2.75) is 32.7 Å². The number of hydrogen-bond acceptors (Lipinski definition) is 3. The van der Waals surface area contributed by atoms with Gasteiger partial charge in [0.25, 0.3) is 0 Å². The fourth-order valence-corrected chi connectivity index (χ4v) is 1.15. The molecule has 0 aromatic carbocycles. The maximum atomic E-state index is 4.41. The highest BCUT2D eigenvalue weighted by Crippen LogP contribution is 2.18. The van der Waals surface area contributed by atoms with Crippen LogP contribution in [-0.4, -0.2) is 29.0 Å². The van der Waals surface area contributed by atoms with Crippen LogP contribution in [0.4, 0.5) is 0 Å². The first kappa shape index (κ1) is 11.1. The number of aromatic nitrogens is 2. The van der Waals surface area contributed by atoms with Crippen LogP contribution in [0.5, 0.6) is 0 Å². The third kappa shape index (κ3) is 3.07. The maximum absolute atomic E-state index is 4.41. The van der Waals surface area contributed by atoms with Crippen LogP contribution in [0.15, 0.2) is 12.4 Å². The number of rotatable bonds is 2. The Morgan fingerprint density at radius 1 is 1.14 bits per heavy atom. The molecule has 0 aliphatic heterocycles. The molecule has 3 nitrogen and oxygen atoms in total. The Kier molecular flexibility index (Phi) is 3.21. The van der Waals surface area contributed by atoms with Crippen molar-refractivity contribution in [2.75, 3.05) is 14.1 Å². The van der Waals surface area contributed by atoms with Crippen LogP contribution in [0, 0.1) is 0 Å². The smallest absolute Gasteiger partial charge is 0.0726 e. The van der Waals surface area contributed by atoms with Crippen molar-refractivity contribution in [3.63, 3.8) is 0 Å². The second-order valence-corrected chi connectivity index (χ2v) is 4.88. The predicted octanol–water partition coefficient (Wildman–Crippen LogP) is 1.84. The topological polar surface area (TPSA) is 29.0 Å². The molecule has 0 radical (unpaired) electrons. The van der Waals surface area contributed by atoms with Crippen molar-refractivity contribution in [1.29, 1.82) is 0 Å². The van der Waals surface area contributed by atoms with E-state index < -0.39 is 0 Å². The molecule has 0 aliphatic carbocycles. The summed E-state index contributed by atoms with van der Waals surface area (Å²) < 4.78 is 0. The van der Waals surface area contributed by atoms with Gasteiger partial charge in [-0.25, -0.2) is 0 Å². The summed E-state index contributed by atoms with van der Waals surface area (Å²) in [6, 6.07) is 0. The van der Waals surface area contributed by atoms with Gasteiger partial charge in [0, 0.05) is 18.2 Å². The van der Waals surface area contributed by atoms with E-state index in [1.54, 1.807) is 0 Å². The molecule has 1 heterocycles. The minimum absolute atomic E-state index is 0.0870. The van der Waals surface area contributed by atoms with Crippen molar-refractivity contribution >= 4 is 0 Å². The van der Waals surface area contributed by atoms with E-state index in [1.807, 2.05) is 26.5 Å². The molecule has 0 fully saturated rings. The SMILES string of the molecule is CN(C)Cc1cnc(C(C)(C)C)cn1. The fraction of sp³-hybridized carbons (Fsp3) is 0.636. The van der Waals surface area contributed by atoms with Gasteiger partial charge in [0.15, 0.2) is 0 Å². The Labute approximate surface area is 86.2 Å². The second kappa shape index (κ2) is 4.05. The lowest BCUT2D eigenvalue weighted by Gasteiger charge is -2.17. The first-order chi connectivity index (χ1) is 6.39. The average molecular weight is 193 g/mol. The second-order valence-electron chi connectivity index (χ2n) is 4.88. The molecule has 14 heavy (non-hydrogen) atoms. The normalized spacial score (nSPS) is 12.1. The van der Waals surface area contributed by atoms with Gasteiger partial charge in [0.05, 0.1) is 17.6 Å². The van der Waals surface area contributed by atoms with Gasteiger partial charge >= 0.3 is 0 Å². The molecule has 1 aromatic rings. The summed E-state index contributed by atoms with van der Waals surface area (Å²) in [6.07, 6.45) is 3.74. The van der Waals surface area contributed by atoms with Crippen molar-refractivity contribution in [1.82, 2.24) is 14.9 Å². The molecule has 0 spiro atoms. The van der Waals surface area contributed by atoms with Crippen molar-refractivity contribution in [3.05, 3.63) is 23.8 Å². The van der Waals surface area contributed by atoms with Gasteiger partial charge in [-0.1, -0.05) is 20.8 Å². The Bertz CT molecular complexity index is 282. The van der Waals surface area contributed by atoms with Crippen LogP contribution in [0.1, 0.15) is 32.2 Å². The van der Waals surface area contributed by atoms with E-state index in [0.717, 1.165) is 17.9 Å². The molecule has 0 N–H and O–H groups in total. The fourth-order valence-electron chi connectivity index (χ4n) is 1.15. The van der Waals surface area contributed by atoms with Gasteiger partial charge in [0.2, 0.25) is 0 Å². The van der Waals surface area contributed by atoms with Gasteiger partial charge in [-0.05, 0) is 14.1 Å². The minimum Gasteiger partial charge on any atom is -0.304 e. The highest BCUT2D eigenvalue weighted by atomic mass is 15.1. The summed E-state index contributed by atoms with van der Waals surface area (Å²) in [5.41, 5.74) is 2.15. The zero-order valence-corrected chi connectivity index (χ0v) is 9.70. The maximum Gasteiger partial charge on any atom is 0.0726 e. The molecule has 1 rings (SSSR count). The summed E-state index contributed by atoms with van der Waals surface area (Å²) in [6.45, 7) is 7.27. The Balaban J connectivity index is 2.79. The molecule has 0 bridgehead atoms. The molecule has 1 aromatic heterocycles. The molecule has 78 valence electrons. The summed E-state index contributed by atoms with van der Waals surface area (Å²) in [4.78, 5) is 10.9. The Morgan fingerprint density at radius 2 is 1.79 bits per heavy atom. The molecular formula is C11H19N3. The van der Waals surface area contributed by atoms with E-state index >= 15 is 0 Å². The van der Waals surface area contributed by atoms with Crippen LogP contribution >= 0.6 is 0 Å². The summed E-state index contributed by atoms with van der Waals surface area (Å²) in [7, 11) is 4.05. The lowest BCUT2D eigenvalue weighted by atomic mass is 9.93. The summed E-state index contributed by atoms with van der Waals surface area (Å²) >= 11 is 0. The van der Waals surface area contributed by atoms with Crippen molar-refractivity contribution in [3.8, 4) is 0 Å². The largest absolute Gasteiger partial charge is 0.304 e. The van der Waals surface area contributed by atoms with Crippen LogP contribution < -0.4 is 0 Å². The minimum atomic E-state index is 0.0870. The van der Waals surface area contributed by atoms with Gasteiger partial charge in [-0.15, -0.1) is 0 Å². The summed E-state index contributed by atoms with van der Waals surface area (Å²) in [5, 5.41) is 0. The van der Waals surface area contributed by atoms with Gasteiger partial charge in [-0.3, -0.25) is 9.97 Å². The Morgan fingerprint density at radius 3 is 2.14 bits per heavy atom. The van der Waals surface area contributed by atoms with Crippen LogP contribution in [0.2, 0.25) is 0 Å². The van der Waals surface area contributed by atoms with E-state index in [4.69, 9.17) is 0 Å². The molecular weight excluding hydrogens is 174 g/mol. The van der Waals surface area contributed by atoms with Crippen LogP contribution in [0.3, 0.4) is 0 Å². The van der Waals surface area contributed by atoms with E-state index in [9.17, 15) is 0 Å². The molecule has 0 unspecified atom stereocenters. The van der Waals surface area contributed by atoms with E-state index in [1.165, 1.54) is 0 Å². The van der Waals surface area contributed by atoms with E-state index in [0.29, 0.717) is 0 Å². The van der Waals surface area contributed by atoms with Crippen molar-refractivity contribution in [2.24, 2.45) is 0 Å². The lowest BCUT2D eigenvalue weighted by molar-refractivity contribution is 0.395. The molecule has 0 atom stereocenters. The first-order valence-corrected chi connectivity index (χ1v) is 4.86. The van der Waals surface area contributed by atoms with Gasteiger partial charge in [-0.2, -0.15) is 0 Å². The first-order valence-electron chi connectivity index (χ1n) is 4.86. The van der Waals surface area contributed by atoms with E-state index in [-0.39, 0.29) is 5.41 Å². The van der Waals surface area contributed by atoms with Crippen LogP contribution in [0.25, 0.3) is 0 Å². The summed E-state index contributed by atoms with van der Waals surface area (Å²) in [5.74, 6) is 0. The number of hydrogen-bond donors (Lipinski definition) is 0. The molecule has 0 aliphatic rings. The zero-order chi connectivity index (χ0) is 10.8. The Hall–Kier alpha value is -0.960. The standard InChI is InChI=1S/C11H19N3/c1-11(2,3)10-7-12-9(6-13-10)8-14(4)5/h6-7H,8H2,1-5H3.